The van der Waals surface area contributed by atoms with E-state index in [1.165, 1.54) is 31.2 Å². The molecule has 2 aromatic carbocycles. The third kappa shape index (κ3) is 4.05. The van der Waals surface area contributed by atoms with Gasteiger partial charge in [0.25, 0.3) is 0 Å². The predicted octanol–water partition coefficient (Wildman–Crippen LogP) is 4.78. The van der Waals surface area contributed by atoms with Crippen molar-refractivity contribution >= 4 is 9.84 Å². The maximum atomic E-state index is 14.0. The summed E-state index contributed by atoms with van der Waals surface area (Å²) in [6.07, 6.45) is -3.63. The maximum absolute atomic E-state index is 14.0. The summed E-state index contributed by atoms with van der Waals surface area (Å²) in [5.74, 6) is 2.45. The molecule has 3 rings (SSSR count). The molecule has 1 aromatic heterocycles. The molecule has 29 heavy (non-hydrogen) atoms. The highest BCUT2D eigenvalue weighted by molar-refractivity contribution is 7.90. The normalized spacial score (nSPS) is 11.8. The minimum atomic E-state index is -4.70. The molecule has 150 valence electrons. The van der Waals surface area contributed by atoms with Gasteiger partial charge in [-0.15, -0.1) is 0 Å². The number of sulfone groups is 1. The molecule has 0 amide bonds. The molecule has 8 heteroatoms. The molecule has 4 nitrogen and oxygen atoms in total. The average Bonchev–Trinajstić information content (AvgIpc) is 3.01. The standard InChI is InChI=1S/C21H17F3N2O2S/c1-4-13-26-20(21(22,23)24)18(17-8-6-5-7-14(17)2)19(25-26)15-9-11-16(12-10-15)29(3,27)28/h5-12H,1-3H3. The van der Waals surface area contributed by atoms with E-state index in [9.17, 15) is 21.6 Å². The van der Waals surface area contributed by atoms with E-state index < -0.39 is 21.7 Å². The highest BCUT2D eigenvalue weighted by atomic mass is 32.2. The van der Waals surface area contributed by atoms with Gasteiger partial charge in [-0.05, 0) is 37.1 Å². The molecule has 0 radical (unpaired) electrons. The van der Waals surface area contributed by atoms with E-state index in [1.807, 2.05) is 0 Å². The Morgan fingerprint density at radius 1 is 1.03 bits per heavy atom. The highest BCUT2D eigenvalue weighted by Crippen LogP contribution is 2.43. The van der Waals surface area contributed by atoms with Crippen LogP contribution >= 0.6 is 0 Å². The van der Waals surface area contributed by atoms with Crippen molar-refractivity contribution in [2.24, 2.45) is 0 Å². The van der Waals surface area contributed by atoms with Crippen molar-refractivity contribution in [2.45, 2.75) is 24.9 Å². The smallest absolute Gasteiger partial charge is 0.224 e. The van der Waals surface area contributed by atoms with Crippen molar-refractivity contribution in [2.75, 3.05) is 6.26 Å². The van der Waals surface area contributed by atoms with Crippen molar-refractivity contribution in [1.82, 2.24) is 9.78 Å². The van der Waals surface area contributed by atoms with Crippen LogP contribution in [0.25, 0.3) is 22.4 Å². The van der Waals surface area contributed by atoms with Crippen LogP contribution in [0.2, 0.25) is 0 Å². The lowest BCUT2D eigenvalue weighted by Crippen LogP contribution is -2.13. The van der Waals surface area contributed by atoms with Crippen LogP contribution in [0, 0.1) is 18.9 Å². The lowest BCUT2D eigenvalue weighted by Gasteiger charge is -2.12. The Morgan fingerprint density at radius 3 is 2.17 bits per heavy atom. The van der Waals surface area contributed by atoms with Crippen LogP contribution in [0.5, 0.6) is 0 Å². The summed E-state index contributed by atoms with van der Waals surface area (Å²) < 4.78 is 66.0. The summed E-state index contributed by atoms with van der Waals surface area (Å²) >= 11 is 0. The Morgan fingerprint density at radius 2 is 1.66 bits per heavy atom. The number of hydrogen-bond acceptors (Lipinski definition) is 3. The minimum absolute atomic E-state index is 0.0718. The lowest BCUT2D eigenvalue weighted by atomic mass is 9.95. The van der Waals surface area contributed by atoms with Gasteiger partial charge in [-0.1, -0.05) is 42.3 Å². The molecule has 0 aliphatic rings. The molecule has 0 atom stereocenters. The Labute approximate surface area is 166 Å². The first-order valence-corrected chi connectivity index (χ1v) is 10.4. The minimum Gasteiger partial charge on any atom is -0.224 e. The van der Waals surface area contributed by atoms with Gasteiger partial charge in [-0.25, -0.2) is 8.42 Å². The molecule has 0 N–H and O–H groups in total. The van der Waals surface area contributed by atoms with Crippen LogP contribution in [0.1, 0.15) is 18.2 Å². The van der Waals surface area contributed by atoms with Gasteiger partial charge in [0.2, 0.25) is 0 Å². The molecule has 0 saturated heterocycles. The predicted molar refractivity (Wildman–Crippen MR) is 105 cm³/mol. The van der Waals surface area contributed by atoms with E-state index in [2.05, 4.69) is 17.1 Å². The van der Waals surface area contributed by atoms with Gasteiger partial charge >= 0.3 is 6.18 Å². The molecular weight excluding hydrogens is 401 g/mol. The number of nitrogens with zero attached hydrogens (tertiary/aromatic N) is 2. The lowest BCUT2D eigenvalue weighted by molar-refractivity contribution is -0.142. The molecule has 0 spiro atoms. The number of aromatic nitrogens is 2. The van der Waals surface area contributed by atoms with Crippen LogP contribution in [0.3, 0.4) is 0 Å². The quantitative estimate of drug-likeness (QED) is 0.576. The summed E-state index contributed by atoms with van der Waals surface area (Å²) in [5, 5.41) is 4.12. The second-order valence-electron chi connectivity index (χ2n) is 6.46. The van der Waals surface area contributed by atoms with Gasteiger partial charge in [0.15, 0.2) is 15.5 Å². The van der Waals surface area contributed by atoms with Gasteiger partial charge in [0, 0.05) is 23.4 Å². The van der Waals surface area contributed by atoms with Crippen molar-refractivity contribution < 1.29 is 21.6 Å². The molecule has 3 aromatic rings. The first-order chi connectivity index (χ1) is 13.5. The molecule has 0 bridgehead atoms. The number of hydrogen-bond donors (Lipinski definition) is 0. The summed E-state index contributed by atoms with van der Waals surface area (Å²) in [5.41, 5.74) is 0.406. The summed E-state index contributed by atoms with van der Waals surface area (Å²) in [6.45, 7) is 3.14. The zero-order valence-electron chi connectivity index (χ0n) is 15.9. The maximum Gasteiger partial charge on any atom is 0.434 e. The van der Waals surface area contributed by atoms with E-state index in [0.717, 1.165) is 6.26 Å². The van der Waals surface area contributed by atoms with Crippen LogP contribution < -0.4 is 0 Å². The fraction of sp³-hybridized carbons (Fsp3) is 0.190. The van der Waals surface area contributed by atoms with Crippen LogP contribution in [0.15, 0.2) is 53.4 Å². The number of benzene rings is 2. The van der Waals surface area contributed by atoms with Crippen LogP contribution in [-0.4, -0.2) is 24.5 Å². The first-order valence-electron chi connectivity index (χ1n) is 8.53. The van der Waals surface area contributed by atoms with Gasteiger partial charge in [0.1, 0.15) is 5.69 Å². The van der Waals surface area contributed by atoms with E-state index in [-0.39, 0.29) is 16.2 Å². The highest BCUT2D eigenvalue weighted by Gasteiger charge is 2.41. The average molecular weight is 418 g/mol. The largest absolute Gasteiger partial charge is 0.434 e. The Hall–Kier alpha value is -3.05. The molecule has 0 aliphatic heterocycles. The van der Waals surface area contributed by atoms with Crippen molar-refractivity contribution in [3.63, 3.8) is 0 Å². The van der Waals surface area contributed by atoms with Gasteiger partial charge in [0.05, 0.1) is 4.90 Å². The topological polar surface area (TPSA) is 52.0 Å². The fourth-order valence-electron chi connectivity index (χ4n) is 3.04. The first kappa shape index (κ1) is 20.7. The van der Waals surface area contributed by atoms with Crippen LogP contribution in [0.4, 0.5) is 13.2 Å². The zero-order chi connectivity index (χ0) is 21.4. The van der Waals surface area contributed by atoms with E-state index >= 15 is 0 Å². The second-order valence-corrected chi connectivity index (χ2v) is 8.47. The Bertz CT molecular complexity index is 1230. The number of halogens is 3. The number of rotatable bonds is 3. The van der Waals surface area contributed by atoms with Crippen molar-refractivity contribution in [3.05, 3.63) is 59.8 Å². The number of aryl methyl sites for hydroxylation is 1. The molecule has 0 unspecified atom stereocenters. The molecule has 0 saturated carbocycles. The summed E-state index contributed by atoms with van der Waals surface area (Å²) in [7, 11) is -3.43. The van der Waals surface area contributed by atoms with Crippen molar-refractivity contribution in [1.29, 1.82) is 0 Å². The third-order valence-corrected chi connectivity index (χ3v) is 5.47. The third-order valence-electron chi connectivity index (χ3n) is 4.34. The van der Waals surface area contributed by atoms with E-state index in [0.29, 0.717) is 21.4 Å². The van der Waals surface area contributed by atoms with Crippen molar-refractivity contribution in [3.8, 4) is 34.3 Å². The molecule has 0 fully saturated rings. The SMILES string of the molecule is CC#Cn1nc(-c2ccc(S(C)(=O)=O)cc2)c(-c2ccccc2C)c1C(F)(F)F. The van der Waals surface area contributed by atoms with Gasteiger partial charge in [-0.3, -0.25) is 0 Å². The zero-order valence-corrected chi connectivity index (χ0v) is 16.7. The van der Waals surface area contributed by atoms with E-state index in [4.69, 9.17) is 0 Å². The summed E-state index contributed by atoms with van der Waals surface area (Å²) in [4.78, 5) is 0.0718. The molecule has 1 heterocycles. The fourth-order valence-corrected chi connectivity index (χ4v) is 3.67. The van der Waals surface area contributed by atoms with Gasteiger partial charge in [-0.2, -0.15) is 23.0 Å². The monoisotopic (exact) mass is 418 g/mol. The van der Waals surface area contributed by atoms with Gasteiger partial charge < -0.3 is 0 Å². The summed E-state index contributed by atoms with van der Waals surface area (Å²) in [6, 6.07) is 14.7. The second kappa shape index (κ2) is 7.41. The van der Waals surface area contributed by atoms with E-state index in [1.54, 1.807) is 31.2 Å². The molecular formula is C21H17F3N2O2S. The Kier molecular flexibility index (Phi) is 5.28. The van der Waals surface area contributed by atoms with Crippen LogP contribution in [-0.2, 0) is 16.0 Å². The Balaban J connectivity index is 2.38. The number of alkyl halides is 3. The molecule has 0 aliphatic carbocycles.